The highest BCUT2D eigenvalue weighted by Gasteiger charge is 2.25. The van der Waals surface area contributed by atoms with Gasteiger partial charge in [0.15, 0.2) is 15.6 Å². The summed E-state index contributed by atoms with van der Waals surface area (Å²) in [6, 6.07) is 21.6. The van der Waals surface area contributed by atoms with Crippen LogP contribution in [0.3, 0.4) is 0 Å². The number of rotatable bonds is 8. The first-order valence-corrected chi connectivity index (χ1v) is 17.5. The van der Waals surface area contributed by atoms with Crippen molar-refractivity contribution >= 4 is 38.3 Å². The van der Waals surface area contributed by atoms with Crippen LogP contribution in [0.25, 0.3) is 22.1 Å². The summed E-state index contributed by atoms with van der Waals surface area (Å²) in [4.78, 5) is 28.8. The van der Waals surface area contributed by atoms with E-state index in [0.29, 0.717) is 33.3 Å². The molecule has 4 aromatic rings. The van der Waals surface area contributed by atoms with Gasteiger partial charge in [0.25, 0.3) is 5.91 Å². The number of sulfone groups is 1. The zero-order chi connectivity index (χ0) is 32.3. The molecule has 6 rings (SSSR count). The Morgan fingerprint density at radius 1 is 0.978 bits per heavy atom. The fourth-order valence-electron chi connectivity index (χ4n) is 6.18. The SMILES string of the molecule is CS(=O)(=O)c1ccc(NC(=O)C2CCNCC2)c(-c2ccc3oc(C(=O)NC4CCN(Cc5ccc(C#N)cc5)CC4)cc3c2)c1. The number of fused-ring (bicyclic) bond motifs is 1. The summed E-state index contributed by atoms with van der Waals surface area (Å²) in [5, 5.41) is 19.1. The van der Waals surface area contributed by atoms with Crippen molar-refractivity contribution in [2.75, 3.05) is 37.8 Å². The summed E-state index contributed by atoms with van der Waals surface area (Å²) in [6.07, 6.45) is 4.27. The van der Waals surface area contributed by atoms with Crippen LogP contribution < -0.4 is 16.0 Å². The average molecular weight is 640 g/mol. The van der Waals surface area contributed by atoms with Crippen molar-refractivity contribution in [2.45, 2.75) is 43.2 Å². The van der Waals surface area contributed by atoms with Crippen molar-refractivity contribution in [3.8, 4) is 17.2 Å². The number of hydrogen-bond donors (Lipinski definition) is 3. The predicted octanol–water partition coefficient (Wildman–Crippen LogP) is 4.71. The molecule has 0 atom stereocenters. The first kappa shape index (κ1) is 31.5. The van der Waals surface area contributed by atoms with Crippen molar-refractivity contribution in [2.24, 2.45) is 5.92 Å². The standard InChI is InChI=1S/C35H37N5O5S/c1-46(43,44)29-7-8-31(39-34(41)25-10-14-37-15-11-25)30(20-29)26-6-9-32-27(18-26)19-33(45-32)35(42)38-28-12-16-40(17-13-28)22-24-4-2-23(21-36)3-5-24/h2-9,18-20,25,28,37H,10-17,22H2,1H3,(H,38,42)(H,39,41). The number of nitrogens with zero attached hydrogens (tertiary/aromatic N) is 2. The van der Waals surface area contributed by atoms with Crippen LogP contribution >= 0.6 is 0 Å². The maximum Gasteiger partial charge on any atom is 0.287 e. The highest BCUT2D eigenvalue weighted by Crippen LogP contribution is 2.34. The molecular formula is C35H37N5O5S. The Morgan fingerprint density at radius 2 is 1.72 bits per heavy atom. The average Bonchev–Trinajstić information content (AvgIpc) is 3.50. The number of hydrogen-bond acceptors (Lipinski definition) is 8. The topological polar surface area (TPSA) is 145 Å². The van der Waals surface area contributed by atoms with E-state index < -0.39 is 9.84 Å². The summed E-state index contributed by atoms with van der Waals surface area (Å²) in [5.74, 6) is -0.275. The summed E-state index contributed by atoms with van der Waals surface area (Å²) in [5.41, 5.74) is 4.14. The molecule has 0 radical (unpaired) electrons. The molecule has 10 nitrogen and oxygen atoms in total. The van der Waals surface area contributed by atoms with Crippen LogP contribution in [0.5, 0.6) is 0 Å². The smallest absolute Gasteiger partial charge is 0.287 e. The molecule has 1 aromatic heterocycles. The Bertz CT molecular complexity index is 1900. The van der Waals surface area contributed by atoms with E-state index in [2.05, 4.69) is 26.9 Å². The Kier molecular flexibility index (Phi) is 9.22. The van der Waals surface area contributed by atoms with E-state index in [1.54, 1.807) is 30.3 Å². The van der Waals surface area contributed by atoms with Gasteiger partial charge in [-0.15, -0.1) is 0 Å². The number of nitriles is 1. The molecule has 2 aliphatic heterocycles. The molecule has 46 heavy (non-hydrogen) atoms. The van der Waals surface area contributed by atoms with Gasteiger partial charge in [-0.2, -0.15) is 5.26 Å². The number of carbonyl (C=O) groups excluding carboxylic acids is 2. The molecule has 3 aromatic carbocycles. The molecule has 2 aliphatic rings. The largest absolute Gasteiger partial charge is 0.451 e. The Hall–Kier alpha value is -4.50. The maximum atomic E-state index is 13.2. The molecule has 0 aliphatic carbocycles. The van der Waals surface area contributed by atoms with E-state index in [4.69, 9.17) is 9.68 Å². The number of carbonyl (C=O) groups is 2. The Morgan fingerprint density at radius 3 is 2.41 bits per heavy atom. The zero-order valence-electron chi connectivity index (χ0n) is 25.7. The van der Waals surface area contributed by atoms with Crippen LogP contribution in [0.15, 0.2) is 76.0 Å². The number of anilines is 1. The number of amides is 2. The van der Waals surface area contributed by atoms with E-state index in [0.717, 1.165) is 70.2 Å². The third kappa shape index (κ3) is 7.31. The minimum Gasteiger partial charge on any atom is -0.451 e. The summed E-state index contributed by atoms with van der Waals surface area (Å²) in [7, 11) is -3.49. The highest BCUT2D eigenvalue weighted by molar-refractivity contribution is 7.90. The molecule has 3 N–H and O–H groups in total. The molecule has 0 bridgehead atoms. The molecule has 2 fully saturated rings. The molecule has 3 heterocycles. The predicted molar refractivity (Wildman–Crippen MR) is 176 cm³/mol. The van der Waals surface area contributed by atoms with Crippen molar-refractivity contribution in [3.63, 3.8) is 0 Å². The lowest BCUT2D eigenvalue weighted by molar-refractivity contribution is -0.120. The third-order valence-corrected chi connectivity index (χ3v) is 9.96. The van der Waals surface area contributed by atoms with Gasteiger partial charge in [-0.1, -0.05) is 18.2 Å². The molecule has 0 saturated carbocycles. The molecule has 238 valence electrons. The lowest BCUT2D eigenvalue weighted by Crippen LogP contribution is -2.44. The van der Waals surface area contributed by atoms with E-state index in [1.807, 2.05) is 30.3 Å². The Labute approximate surface area is 268 Å². The minimum absolute atomic E-state index is 0.0262. The fraction of sp³-hybridized carbons (Fsp3) is 0.343. The molecule has 11 heteroatoms. The van der Waals surface area contributed by atoms with Crippen LogP contribution in [0.1, 0.15) is 47.4 Å². The highest BCUT2D eigenvalue weighted by atomic mass is 32.2. The monoisotopic (exact) mass is 639 g/mol. The van der Waals surface area contributed by atoms with Crippen LogP contribution in [-0.2, 0) is 21.2 Å². The molecule has 0 spiro atoms. The molecule has 2 amide bonds. The summed E-state index contributed by atoms with van der Waals surface area (Å²) >= 11 is 0. The van der Waals surface area contributed by atoms with Gasteiger partial charge >= 0.3 is 0 Å². The molecule has 0 unspecified atom stereocenters. The van der Waals surface area contributed by atoms with Crippen LogP contribution in [0.2, 0.25) is 0 Å². The van der Waals surface area contributed by atoms with E-state index in [-0.39, 0.29) is 34.4 Å². The van der Waals surface area contributed by atoms with Gasteiger partial charge in [-0.25, -0.2) is 8.42 Å². The summed E-state index contributed by atoms with van der Waals surface area (Å²) < 4.78 is 30.7. The van der Waals surface area contributed by atoms with Gasteiger partial charge in [-0.05, 0) is 98.4 Å². The van der Waals surface area contributed by atoms with E-state index in [1.165, 1.54) is 6.07 Å². The third-order valence-electron chi connectivity index (χ3n) is 8.85. The van der Waals surface area contributed by atoms with Crippen molar-refractivity contribution < 1.29 is 22.4 Å². The second-order valence-corrected chi connectivity index (χ2v) is 14.2. The first-order valence-electron chi connectivity index (χ1n) is 15.6. The quantitative estimate of drug-likeness (QED) is 0.252. The van der Waals surface area contributed by atoms with Crippen LogP contribution in [0, 0.1) is 17.2 Å². The minimum atomic E-state index is -3.49. The van der Waals surface area contributed by atoms with Gasteiger partial charge in [0.05, 0.1) is 16.5 Å². The number of nitrogens with one attached hydrogen (secondary N) is 3. The second-order valence-electron chi connectivity index (χ2n) is 12.2. The molecular weight excluding hydrogens is 602 g/mol. The number of furan rings is 1. The van der Waals surface area contributed by atoms with Crippen LogP contribution in [0.4, 0.5) is 5.69 Å². The number of likely N-dealkylation sites (tertiary alicyclic amines) is 1. The van der Waals surface area contributed by atoms with Crippen molar-refractivity contribution in [3.05, 3.63) is 83.6 Å². The maximum absolute atomic E-state index is 13.2. The lowest BCUT2D eigenvalue weighted by atomic mass is 9.96. The number of benzene rings is 3. The van der Waals surface area contributed by atoms with Gasteiger partial charge in [-0.3, -0.25) is 14.5 Å². The van der Waals surface area contributed by atoms with Gasteiger partial charge < -0.3 is 20.4 Å². The first-order chi connectivity index (χ1) is 22.2. The van der Waals surface area contributed by atoms with Crippen molar-refractivity contribution in [1.82, 2.24) is 15.5 Å². The zero-order valence-corrected chi connectivity index (χ0v) is 26.5. The van der Waals surface area contributed by atoms with Crippen LogP contribution in [-0.4, -0.2) is 63.6 Å². The fourth-order valence-corrected chi connectivity index (χ4v) is 6.83. The van der Waals surface area contributed by atoms with Crippen molar-refractivity contribution in [1.29, 1.82) is 5.26 Å². The Balaban J connectivity index is 1.15. The van der Waals surface area contributed by atoms with Gasteiger partial charge in [0, 0.05) is 54.5 Å². The number of piperidine rings is 2. The van der Waals surface area contributed by atoms with Gasteiger partial charge in [0.2, 0.25) is 5.91 Å². The second kappa shape index (κ2) is 13.5. The molecule has 2 saturated heterocycles. The van der Waals surface area contributed by atoms with Gasteiger partial charge in [0.1, 0.15) is 5.58 Å². The lowest BCUT2D eigenvalue weighted by Gasteiger charge is -2.32. The van der Waals surface area contributed by atoms with E-state index in [9.17, 15) is 18.0 Å². The van der Waals surface area contributed by atoms with E-state index >= 15 is 0 Å². The normalized spacial score (nSPS) is 16.6. The summed E-state index contributed by atoms with van der Waals surface area (Å²) in [6.45, 7) is 4.05.